The first kappa shape index (κ1) is 12.8. The van der Waals surface area contributed by atoms with Gasteiger partial charge in [-0.2, -0.15) is 5.10 Å². The zero-order chi connectivity index (χ0) is 14.0. The third-order valence-corrected chi connectivity index (χ3v) is 2.64. The van der Waals surface area contributed by atoms with Gasteiger partial charge in [-0.1, -0.05) is 11.6 Å². The number of nitrogens with zero attached hydrogens (tertiary/aromatic N) is 2. The number of nitro benzene ring substituents is 1. The lowest BCUT2D eigenvalue weighted by molar-refractivity contribution is -0.384. The Morgan fingerprint density at radius 1 is 1.53 bits per heavy atom. The maximum atomic E-state index is 11.9. The van der Waals surface area contributed by atoms with Gasteiger partial charge in [0.25, 0.3) is 11.6 Å². The van der Waals surface area contributed by atoms with Crippen LogP contribution in [0.4, 0.5) is 17.1 Å². The Hall–Kier alpha value is -2.61. The number of carbonyl (C=O) groups is 1. The van der Waals surface area contributed by atoms with Gasteiger partial charge in [0.15, 0.2) is 0 Å². The Kier molecular flexibility index (Phi) is 3.34. The van der Waals surface area contributed by atoms with E-state index < -0.39 is 10.8 Å². The predicted octanol–water partition coefficient (Wildman–Crippen LogP) is 1.81. The summed E-state index contributed by atoms with van der Waals surface area (Å²) in [5, 5.41) is 19.3. The van der Waals surface area contributed by atoms with E-state index >= 15 is 0 Å². The number of amides is 1. The fraction of sp³-hybridized carbons (Fsp3) is 0. The van der Waals surface area contributed by atoms with Gasteiger partial charge in [-0.25, -0.2) is 0 Å². The molecule has 1 aromatic heterocycles. The monoisotopic (exact) mass is 281 g/mol. The zero-order valence-electron chi connectivity index (χ0n) is 9.38. The first-order valence-corrected chi connectivity index (χ1v) is 5.40. The first-order chi connectivity index (χ1) is 8.99. The van der Waals surface area contributed by atoms with Crippen molar-refractivity contribution in [1.82, 2.24) is 10.2 Å². The molecule has 0 fully saturated rings. The molecule has 0 aliphatic heterocycles. The lowest BCUT2D eigenvalue weighted by Gasteiger charge is -2.07. The number of nitrogens with one attached hydrogen (secondary N) is 2. The van der Waals surface area contributed by atoms with Gasteiger partial charge in [-0.15, -0.1) is 0 Å². The molecule has 1 aromatic carbocycles. The zero-order valence-corrected chi connectivity index (χ0v) is 10.1. The number of hydrogen-bond acceptors (Lipinski definition) is 5. The Labute approximate surface area is 111 Å². The minimum absolute atomic E-state index is 0.0201. The highest BCUT2D eigenvalue weighted by Crippen LogP contribution is 2.29. The van der Waals surface area contributed by atoms with E-state index in [4.69, 9.17) is 17.3 Å². The van der Waals surface area contributed by atoms with E-state index in [1.165, 1.54) is 12.4 Å². The molecule has 0 aliphatic rings. The van der Waals surface area contributed by atoms with Gasteiger partial charge in [0.2, 0.25) is 0 Å². The summed E-state index contributed by atoms with van der Waals surface area (Å²) >= 11 is 5.76. The van der Waals surface area contributed by atoms with Gasteiger partial charge in [0, 0.05) is 18.3 Å². The third-order valence-electron chi connectivity index (χ3n) is 2.33. The summed E-state index contributed by atoms with van der Waals surface area (Å²) in [6, 6.07) is 2.15. The van der Waals surface area contributed by atoms with E-state index in [-0.39, 0.29) is 22.0 Å². The smallest absolute Gasteiger partial charge is 0.271 e. The molecule has 2 rings (SSSR count). The van der Waals surface area contributed by atoms with Crippen LogP contribution in [0.3, 0.4) is 0 Å². The fourth-order valence-corrected chi connectivity index (χ4v) is 1.63. The van der Waals surface area contributed by atoms with Crippen molar-refractivity contribution in [3.05, 3.63) is 45.2 Å². The Morgan fingerprint density at radius 2 is 2.26 bits per heavy atom. The second kappa shape index (κ2) is 4.94. The summed E-state index contributed by atoms with van der Waals surface area (Å²) in [7, 11) is 0. The van der Waals surface area contributed by atoms with Gasteiger partial charge in [0.05, 0.1) is 33.1 Å². The third kappa shape index (κ3) is 2.63. The highest BCUT2D eigenvalue weighted by molar-refractivity contribution is 6.34. The molecule has 2 aromatic rings. The fourth-order valence-electron chi connectivity index (χ4n) is 1.41. The molecular formula is C10H8ClN5O3. The number of carbonyl (C=O) groups excluding carboxylic acids is 1. The molecule has 19 heavy (non-hydrogen) atoms. The topological polar surface area (TPSA) is 127 Å². The number of non-ortho nitro benzene ring substituents is 1. The summed E-state index contributed by atoms with van der Waals surface area (Å²) < 4.78 is 0. The molecule has 0 aliphatic carbocycles. The van der Waals surface area contributed by atoms with Crippen molar-refractivity contribution in [2.24, 2.45) is 0 Å². The van der Waals surface area contributed by atoms with Crippen molar-refractivity contribution >= 4 is 34.6 Å². The van der Waals surface area contributed by atoms with Crippen molar-refractivity contribution in [2.45, 2.75) is 0 Å². The van der Waals surface area contributed by atoms with E-state index in [1.54, 1.807) is 0 Å². The van der Waals surface area contributed by atoms with Gasteiger partial charge < -0.3 is 11.1 Å². The largest absolute Gasteiger partial charge is 0.397 e. The highest BCUT2D eigenvalue weighted by atomic mass is 35.5. The SMILES string of the molecule is Nc1c(Cl)cc([N+](=O)[O-])cc1C(=O)Nc1cn[nH]c1. The number of rotatable bonds is 3. The summed E-state index contributed by atoms with van der Waals surface area (Å²) in [6.45, 7) is 0. The molecule has 0 saturated carbocycles. The first-order valence-electron chi connectivity index (χ1n) is 5.02. The van der Waals surface area contributed by atoms with Gasteiger partial charge in [0.1, 0.15) is 0 Å². The lowest BCUT2D eigenvalue weighted by Crippen LogP contribution is -2.14. The Bertz CT molecular complexity index is 641. The van der Waals surface area contributed by atoms with Crippen molar-refractivity contribution in [1.29, 1.82) is 0 Å². The predicted molar refractivity (Wildman–Crippen MR) is 69.1 cm³/mol. The summed E-state index contributed by atoms with van der Waals surface area (Å²) in [6.07, 6.45) is 2.83. The number of hydrogen-bond donors (Lipinski definition) is 3. The maximum Gasteiger partial charge on any atom is 0.271 e. The van der Waals surface area contributed by atoms with Crippen molar-refractivity contribution in [2.75, 3.05) is 11.1 Å². The van der Waals surface area contributed by atoms with E-state index in [1.807, 2.05) is 0 Å². The number of nitrogens with two attached hydrogens (primary N) is 1. The number of nitrogen functional groups attached to an aromatic ring is 1. The molecule has 0 saturated heterocycles. The molecule has 0 unspecified atom stereocenters. The summed E-state index contributed by atoms with van der Waals surface area (Å²) in [5.74, 6) is -0.607. The van der Waals surface area contributed by atoms with Crippen LogP contribution in [0.5, 0.6) is 0 Å². The van der Waals surface area contributed by atoms with Crippen molar-refractivity contribution in [3.8, 4) is 0 Å². The van der Waals surface area contributed by atoms with Crippen LogP contribution in [0, 0.1) is 10.1 Å². The highest BCUT2D eigenvalue weighted by Gasteiger charge is 2.19. The van der Waals surface area contributed by atoms with Crippen LogP contribution in [-0.2, 0) is 0 Å². The van der Waals surface area contributed by atoms with Crippen LogP contribution in [-0.4, -0.2) is 21.0 Å². The molecule has 1 amide bonds. The van der Waals surface area contributed by atoms with Crippen LogP contribution >= 0.6 is 11.6 Å². The number of aromatic nitrogens is 2. The molecule has 0 atom stereocenters. The molecule has 1 heterocycles. The van der Waals surface area contributed by atoms with Crippen molar-refractivity contribution in [3.63, 3.8) is 0 Å². The van der Waals surface area contributed by atoms with Gasteiger partial charge >= 0.3 is 0 Å². The summed E-state index contributed by atoms with van der Waals surface area (Å²) in [5.41, 5.74) is 5.65. The molecule has 0 radical (unpaired) electrons. The average molecular weight is 282 g/mol. The summed E-state index contributed by atoms with van der Waals surface area (Å²) in [4.78, 5) is 22.0. The lowest BCUT2D eigenvalue weighted by atomic mass is 10.1. The number of benzene rings is 1. The number of H-pyrrole nitrogens is 1. The quantitative estimate of drug-likeness (QED) is 0.449. The number of nitro groups is 1. The van der Waals surface area contributed by atoms with E-state index in [2.05, 4.69) is 15.5 Å². The molecule has 4 N–H and O–H groups in total. The Morgan fingerprint density at radius 3 is 2.84 bits per heavy atom. The van der Waals surface area contributed by atoms with E-state index in [0.29, 0.717) is 5.69 Å². The minimum Gasteiger partial charge on any atom is -0.397 e. The second-order valence-corrected chi connectivity index (χ2v) is 3.99. The van der Waals surface area contributed by atoms with Crippen LogP contribution in [0.15, 0.2) is 24.5 Å². The van der Waals surface area contributed by atoms with Crippen molar-refractivity contribution < 1.29 is 9.72 Å². The molecular weight excluding hydrogens is 274 g/mol. The molecule has 98 valence electrons. The van der Waals surface area contributed by atoms with Gasteiger partial charge in [-0.3, -0.25) is 20.0 Å². The number of aromatic amines is 1. The number of halogens is 1. The van der Waals surface area contributed by atoms with Crippen LogP contribution < -0.4 is 11.1 Å². The molecule has 9 heteroatoms. The Balaban J connectivity index is 2.38. The second-order valence-electron chi connectivity index (χ2n) is 3.59. The minimum atomic E-state index is -0.653. The van der Waals surface area contributed by atoms with Crippen LogP contribution in [0.1, 0.15) is 10.4 Å². The maximum absolute atomic E-state index is 11.9. The normalized spacial score (nSPS) is 10.2. The number of anilines is 2. The van der Waals surface area contributed by atoms with Crippen LogP contribution in [0.2, 0.25) is 5.02 Å². The van der Waals surface area contributed by atoms with E-state index in [9.17, 15) is 14.9 Å². The molecule has 8 nitrogen and oxygen atoms in total. The van der Waals surface area contributed by atoms with Crippen LogP contribution in [0.25, 0.3) is 0 Å². The van der Waals surface area contributed by atoms with E-state index in [0.717, 1.165) is 12.1 Å². The standard InChI is InChI=1S/C10H8ClN5O3/c11-8-2-6(16(18)19)1-7(9(8)12)10(17)15-5-3-13-14-4-5/h1-4H,12H2,(H,13,14)(H,15,17). The molecule has 0 bridgehead atoms. The molecule has 0 spiro atoms. The average Bonchev–Trinajstić information content (AvgIpc) is 2.84. The van der Waals surface area contributed by atoms with Gasteiger partial charge in [-0.05, 0) is 0 Å².